The average molecular weight is 472 g/mol. The first-order chi connectivity index (χ1) is 15.6. The number of aryl methyl sites for hydroxylation is 3. The molecule has 1 aromatic heterocycles. The first kappa shape index (κ1) is 24.7. The first-order valence-electron chi connectivity index (χ1n) is 10.9. The summed E-state index contributed by atoms with van der Waals surface area (Å²) < 4.78 is 39.5. The molecule has 8 heteroatoms. The molecule has 2 aromatic carbocycles. The summed E-state index contributed by atoms with van der Waals surface area (Å²) in [6, 6.07) is 10.1. The predicted octanol–water partition coefficient (Wildman–Crippen LogP) is 4.27. The van der Waals surface area contributed by atoms with Gasteiger partial charge in [-0.25, -0.2) is 18.0 Å². The number of esters is 1. The van der Waals surface area contributed by atoms with Gasteiger partial charge in [-0.05, 0) is 61.6 Å². The molecule has 1 N–H and O–H groups in total. The number of rotatable bonds is 8. The Morgan fingerprint density at radius 1 is 1.06 bits per heavy atom. The molecule has 0 aliphatic rings. The van der Waals surface area contributed by atoms with Gasteiger partial charge in [-0.15, -0.1) is 0 Å². The van der Waals surface area contributed by atoms with E-state index in [1.807, 2.05) is 20.8 Å². The van der Waals surface area contributed by atoms with Crippen molar-refractivity contribution in [1.82, 2.24) is 4.72 Å². The lowest BCUT2D eigenvalue weighted by Gasteiger charge is -2.23. The molecule has 0 saturated heterocycles. The minimum Gasteiger partial charge on any atom is -0.425 e. The van der Waals surface area contributed by atoms with Crippen molar-refractivity contribution in [3.63, 3.8) is 0 Å². The molecule has 0 bridgehead atoms. The molecule has 2 unspecified atom stereocenters. The van der Waals surface area contributed by atoms with Crippen LogP contribution in [0.3, 0.4) is 0 Å². The Bertz CT molecular complexity index is 1330. The minimum absolute atomic E-state index is 0.0743. The van der Waals surface area contributed by atoms with Gasteiger partial charge in [0.25, 0.3) is 0 Å². The van der Waals surface area contributed by atoms with Gasteiger partial charge in [0.15, 0.2) is 0 Å². The van der Waals surface area contributed by atoms with Crippen molar-refractivity contribution in [2.24, 2.45) is 5.92 Å². The van der Waals surface area contributed by atoms with Crippen molar-refractivity contribution in [2.45, 2.75) is 58.4 Å². The first-order valence-corrected chi connectivity index (χ1v) is 12.4. The lowest BCUT2D eigenvalue weighted by molar-refractivity contribution is -0.137. The van der Waals surface area contributed by atoms with E-state index < -0.39 is 27.7 Å². The highest BCUT2D eigenvalue weighted by Crippen LogP contribution is 2.31. The highest BCUT2D eigenvalue weighted by atomic mass is 32.2. The Kier molecular flexibility index (Phi) is 7.39. The molecule has 3 aromatic rings. The van der Waals surface area contributed by atoms with Crippen LogP contribution in [0.15, 0.2) is 56.6 Å². The number of sulfonamides is 1. The van der Waals surface area contributed by atoms with Crippen molar-refractivity contribution >= 4 is 27.0 Å². The van der Waals surface area contributed by atoms with Crippen LogP contribution in [0.4, 0.5) is 0 Å². The molecule has 33 heavy (non-hydrogen) atoms. The van der Waals surface area contributed by atoms with Gasteiger partial charge in [0, 0.05) is 6.07 Å². The molecule has 7 nitrogen and oxygen atoms in total. The van der Waals surface area contributed by atoms with Crippen LogP contribution in [-0.2, 0) is 21.2 Å². The van der Waals surface area contributed by atoms with E-state index in [1.54, 1.807) is 38.1 Å². The Labute approximate surface area is 193 Å². The molecule has 1 heterocycles. The highest BCUT2D eigenvalue weighted by molar-refractivity contribution is 7.89. The fourth-order valence-corrected chi connectivity index (χ4v) is 4.88. The summed E-state index contributed by atoms with van der Waals surface area (Å²) in [4.78, 5) is 25.2. The van der Waals surface area contributed by atoms with Gasteiger partial charge < -0.3 is 9.15 Å². The Morgan fingerprint density at radius 2 is 1.73 bits per heavy atom. The van der Waals surface area contributed by atoms with Crippen molar-refractivity contribution in [2.75, 3.05) is 0 Å². The van der Waals surface area contributed by atoms with Crippen LogP contribution in [0.5, 0.6) is 5.75 Å². The molecule has 3 rings (SSSR count). The molecular weight excluding hydrogens is 442 g/mol. The molecule has 0 saturated carbocycles. The molecule has 0 fully saturated rings. The van der Waals surface area contributed by atoms with E-state index in [-0.39, 0.29) is 16.6 Å². The van der Waals surface area contributed by atoms with E-state index in [4.69, 9.17) is 9.15 Å². The van der Waals surface area contributed by atoms with Crippen LogP contribution in [0.1, 0.15) is 43.9 Å². The van der Waals surface area contributed by atoms with Gasteiger partial charge >= 0.3 is 11.6 Å². The number of benzene rings is 2. The minimum atomic E-state index is -3.95. The molecular formula is C25H29NO6S. The van der Waals surface area contributed by atoms with Crippen molar-refractivity contribution in [1.29, 1.82) is 0 Å². The van der Waals surface area contributed by atoms with Gasteiger partial charge in [-0.1, -0.05) is 44.9 Å². The molecule has 0 amide bonds. The summed E-state index contributed by atoms with van der Waals surface area (Å²) in [5.41, 5.74) is 2.19. The van der Waals surface area contributed by atoms with Crippen molar-refractivity contribution in [3.8, 4) is 5.75 Å². The molecule has 0 aliphatic heterocycles. The monoisotopic (exact) mass is 471 g/mol. The summed E-state index contributed by atoms with van der Waals surface area (Å²) in [6.07, 6.45) is 1.09. The van der Waals surface area contributed by atoms with Gasteiger partial charge in [0.05, 0.1) is 10.3 Å². The number of carbonyl (C=O) groups excluding carboxylic acids is 1. The Balaban J connectivity index is 2.00. The molecule has 0 spiro atoms. The van der Waals surface area contributed by atoms with Crippen molar-refractivity contribution < 1.29 is 22.4 Å². The third kappa shape index (κ3) is 5.51. The number of hydrogen-bond donors (Lipinski definition) is 1. The fraction of sp³-hybridized carbons (Fsp3) is 0.360. The lowest BCUT2D eigenvalue weighted by Crippen LogP contribution is -2.47. The van der Waals surface area contributed by atoms with Gasteiger partial charge in [0.1, 0.15) is 17.4 Å². The zero-order valence-electron chi connectivity index (χ0n) is 19.5. The van der Waals surface area contributed by atoms with E-state index in [1.165, 1.54) is 18.2 Å². The Hall–Kier alpha value is -2.97. The zero-order valence-corrected chi connectivity index (χ0v) is 20.3. The maximum atomic E-state index is 13.3. The number of nitrogens with one attached hydrogen (secondary N) is 1. The maximum absolute atomic E-state index is 13.3. The van der Waals surface area contributed by atoms with Crippen LogP contribution < -0.4 is 15.1 Å². The van der Waals surface area contributed by atoms with Gasteiger partial charge in [-0.3, -0.25) is 0 Å². The number of carbonyl (C=O) groups is 1. The topological polar surface area (TPSA) is 103 Å². The average Bonchev–Trinajstić information content (AvgIpc) is 2.76. The van der Waals surface area contributed by atoms with Crippen molar-refractivity contribution in [3.05, 3.63) is 69.6 Å². The Morgan fingerprint density at radius 3 is 2.33 bits per heavy atom. The van der Waals surface area contributed by atoms with Crippen LogP contribution in [0.2, 0.25) is 0 Å². The SMILES string of the molecule is CCc1cc(=O)oc2cc(C)cc(OC(=O)C(NS(=O)(=O)c3ccc(C)cc3)C(C)CC)c12. The molecule has 2 atom stereocenters. The third-order valence-electron chi connectivity index (χ3n) is 5.71. The predicted molar refractivity (Wildman–Crippen MR) is 127 cm³/mol. The smallest absolute Gasteiger partial charge is 0.336 e. The van der Waals surface area contributed by atoms with E-state index in [0.29, 0.717) is 29.4 Å². The quantitative estimate of drug-likeness (QED) is 0.299. The fourth-order valence-electron chi connectivity index (χ4n) is 3.59. The van der Waals surface area contributed by atoms with E-state index in [2.05, 4.69) is 4.72 Å². The number of hydrogen-bond acceptors (Lipinski definition) is 6. The third-order valence-corrected chi connectivity index (χ3v) is 7.16. The maximum Gasteiger partial charge on any atom is 0.336 e. The van der Waals surface area contributed by atoms with E-state index >= 15 is 0 Å². The van der Waals surface area contributed by atoms with E-state index in [9.17, 15) is 18.0 Å². The molecule has 0 aliphatic carbocycles. The second-order valence-electron chi connectivity index (χ2n) is 8.30. The largest absolute Gasteiger partial charge is 0.425 e. The van der Waals surface area contributed by atoms with Crippen LogP contribution >= 0.6 is 0 Å². The molecule has 0 radical (unpaired) electrons. The summed E-state index contributed by atoms with van der Waals surface area (Å²) >= 11 is 0. The summed E-state index contributed by atoms with van der Waals surface area (Å²) in [5, 5.41) is 0.528. The second-order valence-corrected chi connectivity index (χ2v) is 10.0. The standard InChI is InChI=1S/C25H29NO6S/c1-6-17(5)24(26-33(29,30)19-10-8-15(3)9-11-19)25(28)32-21-13-16(4)12-20-23(21)18(7-2)14-22(27)31-20/h8-14,17,24,26H,6-7H2,1-5H3. The summed E-state index contributed by atoms with van der Waals surface area (Å²) in [7, 11) is -3.95. The lowest BCUT2D eigenvalue weighted by atomic mass is 10.00. The second kappa shape index (κ2) is 9.89. The zero-order chi connectivity index (χ0) is 24.3. The number of fused-ring (bicyclic) bond motifs is 1. The number of ether oxygens (including phenoxy) is 1. The summed E-state index contributed by atoms with van der Waals surface area (Å²) in [5.74, 6) is -0.809. The van der Waals surface area contributed by atoms with Crippen LogP contribution in [0, 0.1) is 19.8 Å². The highest BCUT2D eigenvalue weighted by Gasteiger charge is 2.32. The van der Waals surface area contributed by atoms with Crippen LogP contribution in [-0.4, -0.2) is 20.4 Å². The normalized spacial score (nSPS) is 13.6. The molecule has 176 valence electrons. The van der Waals surface area contributed by atoms with Gasteiger partial charge in [-0.2, -0.15) is 4.72 Å². The van der Waals surface area contributed by atoms with Crippen LogP contribution in [0.25, 0.3) is 11.0 Å². The summed E-state index contributed by atoms with van der Waals surface area (Å²) in [6.45, 7) is 9.20. The van der Waals surface area contributed by atoms with Gasteiger partial charge in [0.2, 0.25) is 10.0 Å². The van der Waals surface area contributed by atoms with E-state index in [0.717, 1.165) is 11.1 Å².